The molecule has 0 fully saturated rings. The minimum Gasteiger partial charge on any atom is -0.309 e. The number of alkyl halides is 3. The highest BCUT2D eigenvalue weighted by Gasteiger charge is 2.34. The topological polar surface area (TPSA) is 12.0 Å². The second-order valence-corrected chi connectivity index (χ2v) is 4.22. The van der Waals surface area contributed by atoms with E-state index in [9.17, 15) is 13.2 Å². The average Bonchev–Trinajstić information content (AvgIpc) is 2.38. The highest BCUT2D eigenvalue weighted by Crippen LogP contribution is 2.35. The standard InChI is InChI=1S/C15H18F3N/c1-3-5-10-14(19-11-4-2)12-8-6-7-9-13(12)15(16,17)18/h6-9,14,19H,4,10-11H2,1-2H3. The van der Waals surface area contributed by atoms with Crippen LogP contribution in [0.2, 0.25) is 0 Å². The first-order chi connectivity index (χ1) is 9.00. The molecule has 1 N–H and O–H groups in total. The molecule has 1 aromatic rings. The fourth-order valence-corrected chi connectivity index (χ4v) is 1.87. The second-order valence-electron chi connectivity index (χ2n) is 4.22. The molecule has 0 saturated heterocycles. The van der Waals surface area contributed by atoms with Crippen molar-refractivity contribution in [3.8, 4) is 11.8 Å². The summed E-state index contributed by atoms with van der Waals surface area (Å²) in [6.07, 6.45) is -3.09. The fourth-order valence-electron chi connectivity index (χ4n) is 1.87. The van der Waals surface area contributed by atoms with Crippen molar-refractivity contribution in [3.05, 3.63) is 35.4 Å². The lowest BCUT2D eigenvalue weighted by molar-refractivity contribution is -0.138. The Kier molecular flexibility index (Phi) is 5.91. The molecule has 1 aromatic carbocycles. The lowest BCUT2D eigenvalue weighted by Gasteiger charge is -2.21. The summed E-state index contributed by atoms with van der Waals surface area (Å²) in [4.78, 5) is 0. The summed E-state index contributed by atoms with van der Waals surface area (Å²) in [5.74, 6) is 5.59. The van der Waals surface area contributed by atoms with Crippen molar-refractivity contribution < 1.29 is 13.2 Å². The number of benzene rings is 1. The largest absolute Gasteiger partial charge is 0.416 e. The first-order valence-electron chi connectivity index (χ1n) is 6.29. The third-order valence-corrected chi connectivity index (χ3v) is 2.77. The van der Waals surface area contributed by atoms with E-state index in [-0.39, 0.29) is 11.6 Å². The summed E-state index contributed by atoms with van der Waals surface area (Å²) >= 11 is 0. The van der Waals surface area contributed by atoms with Crippen LogP contribution in [-0.2, 0) is 6.18 Å². The number of hydrogen-bond acceptors (Lipinski definition) is 1. The van der Waals surface area contributed by atoms with Crippen molar-refractivity contribution in [1.29, 1.82) is 0 Å². The highest BCUT2D eigenvalue weighted by atomic mass is 19.4. The van der Waals surface area contributed by atoms with E-state index in [1.807, 2.05) is 6.92 Å². The monoisotopic (exact) mass is 269 g/mol. The minimum absolute atomic E-state index is 0.270. The van der Waals surface area contributed by atoms with Crippen LogP contribution in [0.1, 0.15) is 43.9 Å². The summed E-state index contributed by atoms with van der Waals surface area (Å²) in [5.41, 5.74) is -0.312. The maximum absolute atomic E-state index is 13.0. The molecule has 1 rings (SSSR count). The van der Waals surface area contributed by atoms with Gasteiger partial charge in [-0.05, 0) is 31.5 Å². The second kappa shape index (κ2) is 7.20. The molecule has 0 aliphatic heterocycles. The highest BCUT2D eigenvalue weighted by molar-refractivity contribution is 5.33. The molecule has 1 nitrogen and oxygen atoms in total. The van der Waals surface area contributed by atoms with Crippen LogP contribution in [0.15, 0.2) is 24.3 Å². The van der Waals surface area contributed by atoms with E-state index in [2.05, 4.69) is 17.2 Å². The molecule has 0 saturated carbocycles. The zero-order chi connectivity index (χ0) is 14.3. The quantitative estimate of drug-likeness (QED) is 0.791. The van der Waals surface area contributed by atoms with E-state index in [1.165, 1.54) is 12.1 Å². The molecule has 0 spiro atoms. The number of nitrogens with one attached hydrogen (secondary N) is 1. The number of rotatable bonds is 5. The van der Waals surface area contributed by atoms with Gasteiger partial charge in [-0.2, -0.15) is 13.2 Å². The van der Waals surface area contributed by atoms with E-state index in [4.69, 9.17) is 0 Å². The molecular formula is C15H18F3N. The summed E-state index contributed by atoms with van der Waals surface area (Å²) < 4.78 is 39.0. The molecular weight excluding hydrogens is 251 g/mol. The molecule has 0 aliphatic rings. The Morgan fingerprint density at radius 2 is 1.95 bits per heavy atom. The Balaban J connectivity index is 3.09. The molecule has 0 aromatic heterocycles. The van der Waals surface area contributed by atoms with Gasteiger partial charge in [0, 0.05) is 12.5 Å². The maximum Gasteiger partial charge on any atom is 0.416 e. The van der Waals surface area contributed by atoms with Crippen molar-refractivity contribution in [2.24, 2.45) is 0 Å². The summed E-state index contributed by atoms with van der Waals surface area (Å²) in [6.45, 7) is 4.33. The Labute approximate surface area is 112 Å². The molecule has 1 atom stereocenters. The van der Waals surface area contributed by atoms with Crippen LogP contribution in [0.5, 0.6) is 0 Å². The third-order valence-electron chi connectivity index (χ3n) is 2.77. The molecule has 0 aliphatic carbocycles. The van der Waals surface area contributed by atoms with Gasteiger partial charge in [-0.3, -0.25) is 0 Å². The van der Waals surface area contributed by atoms with Gasteiger partial charge in [0.05, 0.1) is 5.56 Å². The lowest BCUT2D eigenvalue weighted by atomic mass is 9.97. The van der Waals surface area contributed by atoms with Crippen LogP contribution in [-0.4, -0.2) is 6.54 Å². The van der Waals surface area contributed by atoms with Gasteiger partial charge in [-0.15, -0.1) is 11.8 Å². The SMILES string of the molecule is CC#CCC(NCCC)c1ccccc1C(F)(F)F. The smallest absolute Gasteiger partial charge is 0.309 e. The Morgan fingerprint density at radius 3 is 2.53 bits per heavy atom. The fraction of sp³-hybridized carbons (Fsp3) is 0.467. The molecule has 0 radical (unpaired) electrons. The van der Waals surface area contributed by atoms with Gasteiger partial charge in [0.15, 0.2) is 0 Å². The van der Waals surface area contributed by atoms with Gasteiger partial charge in [0.1, 0.15) is 0 Å². The van der Waals surface area contributed by atoms with E-state index in [0.717, 1.165) is 12.5 Å². The molecule has 19 heavy (non-hydrogen) atoms. The Morgan fingerprint density at radius 1 is 1.26 bits per heavy atom. The van der Waals surface area contributed by atoms with E-state index < -0.39 is 11.7 Å². The van der Waals surface area contributed by atoms with Crippen LogP contribution >= 0.6 is 0 Å². The van der Waals surface area contributed by atoms with Crippen LogP contribution in [0.3, 0.4) is 0 Å². The molecule has 1 unspecified atom stereocenters. The van der Waals surface area contributed by atoms with E-state index >= 15 is 0 Å². The van der Waals surface area contributed by atoms with Crippen LogP contribution in [0.4, 0.5) is 13.2 Å². The van der Waals surface area contributed by atoms with Crippen molar-refractivity contribution in [3.63, 3.8) is 0 Å². The van der Waals surface area contributed by atoms with Gasteiger partial charge in [-0.25, -0.2) is 0 Å². The van der Waals surface area contributed by atoms with E-state index in [1.54, 1.807) is 13.0 Å². The van der Waals surface area contributed by atoms with Gasteiger partial charge in [0.25, 0.3) is 0 Å². The average molecular weight is 269 g/mol. The van der Waals surface area contributed by atoms with Crippen LogP contribution in [0, 0.1) is 11.8 Å². The summed E-state index contributed by atoms with van der Waals surface area (Å²) in [5, 5.41) is 3.13. The number of halogens is 3. The zero-order valence-electron chi connectivity index (χ0n) is 11.1. The van der Waals surface area contributed by atoms with Crippen LogP contribution in [0.25, 0.3) is 0 Å². The maximum atomic E-state index is 13.0. The van der Waals surface area contributed by atoms with Gasteiger partial charge in [0.2, 0.25) is 0 Å². The first kappa shape index (κ1) is 15.6. The third kappa shape index (κ3) is 4.60. The number of hydrogen-bond donors (Lipinski definition) is 1. The molecule has 0 amide bonds. The Bertz CT molecular complexity index is 454. The zero-order valence-corrected chi connectivity index (χ0v) is 11.1. The van der Waals surface area contributed by atoms with Gasteiger partial charge in [-0.1, -0.05) is 25.1 Å². The first-order valence-corrected chi connectivity index (χ1v) is 6.29. The van der Waals surface area contributed by atoms with E-state index in [0.29, 0.717) is 13.0 Å². The van der Waals surface area contributed by atoms with Crippen molar-refractivity contribution >= 4 is 0 Å². The lowest BCUT2D eigenvalue weighted by Crippen LogP contribution is -2.24. The Hall–Kier alpha value is -1.47. The predicted molar refractivity (Wildman–Crippen MR) is 70.5 cm³/mol. The molecule has 4 heteroatoms. The van der Waals surface area contributed by atoms with Crippen molar-refractivity contribution in [2.45, 2.75) is 38.9 Å². The summed E-state index contributed by atoms with van der Waals surface area (Å²) in [7, 11) is 0. The molecule has 104 valence electrons. The van der Waals surface area contributed by atoms with Crippen LogP contribution < -0.4 is 5.32 Å². The van der Waals surface area contributed by atoms with Crippen molar-refractivity contribution in [1.82, 2.24) is 5.32 Å². The molecule has 0 heterocycles. The molecule has 0 bridgehead atoms. The van der Waals surface area contributed by atoms with Gasteiger partial charge < -0.3 is 5.32 Å². The minimum atomic E-state index is -4.33. The summed E-state index contributed by atoms with van der Waals surface area (Å²) in [6, 6.07) is 5.30. The van der Waals surface area contributed by atoms with Crippen molar-refractivity contribution in [2.75, 3.05) is 6.54 Å². The predicted octanol–water partition coefficient (Wildman–Crippen LogP) is 4.16. The van der Waals surface area contributed by atoms with Gasteiger partial charge >= 0.3 is 6.18 Å². The normalized spacial score (nSPS) is 12.7.